The molecule has 0 spiro atoms. The van der Waals surface area contributed by atoms with E-state index in [2.05, 4.69) is 5.32 Å². The number of hydrogen-bond donors (Lipinski definition) is 1. The van der Waals surface area contributed by atoms with Crippen LogP contribution >= 0.6 is 0 Å². The van der Waals surface area contributed by atoms with Crippen molar-refractivity contribution in [3.8, 4) is 5.75 Å². The van der Waals surface area contributed by atoms with Crippen LogP contribution < -0.4 is 14.4 Å². The molecule has 8 nitrogen and oxygen atoms in total. The predicted molar refractivity (Wildman–Crippen MR) is 178 cm³/mol. The molecular formula is C36H41N3O5S. The largest absolute Gasteiger partial charge is 0.497 e. The third-order valence-electron chi connectivity index (χ3n) is 7.67. The van der Waals surface area contributed by atoms with Crippen molar-refractivity contribution in [2.75, 3.05) is 24.5 Å². The topological polar surface area (TPSA) is 96.0 Å². The van der Waals surface area contributed by atoms with Gasteiger partial charge in [0.25, 0.3) is 10.0 Å². The molecule has 0 fully saturated rings. The standard InChI is InChI=1S/C36H41N3O5S/c1-5-23-37-36(41)34(24-29-12-7-6-8-13-29)38(25-30-14-10-9-11-28(30)3)35(40)26-39(31-17-19-32(44-4)20-18-31)45(42,43)33-21-15-27(2)16-22-33/h6-22,34H,5,23-26H2,1-4H3,(H,37,41)/t34-/m1/s1. The van der Waals surface area contributed by atoms with Crippen LogP contribution in [0.15, 0.2) is 108 Å². The number of carbonyl (C=O) groups excluding carboxylic acids is 2. The second kappa shape index (κ2) is 15.4. The molecule has 0 aliphatic carbocycles. The zero-order chi connectivity index (χ0) is 32.4. The molecule has 4 aromatic carbocycles. The van der Waals surface area contributed by atoms with Crippen molar-refractivity contribution in [3.05, 3.63) is 125 Å². The minimum absolute atomic E-state index is 0.0590. The van der Waals surface area contributed by atoms with E-state index in [1.165, 1.54) is 24.1 Å². The van der Waals surface area contributed by atoms with Gasteiger partial charge < -0.3 is 15.0 Å². The van der Waals surface area contributed by atoms with Crippen LogP contribution in [0.5, 0.6) is 5.75 Å². The molecule has 0 aliphatic rings. The third kappa shape index (κ3) is 8.51. The van der Waals surface area contributed by atoms with E-state index in [1.54, 1.807) is 36.4 Å². The SMILES string of the molecule is CCCNC(=O)[C@@H](Cc1ccccc1)N(Cc1ccccc1C)C(=O)CN(c1ccc(OC)cc1)S(=O)(=O)c1ccc(C)cc1. The second-order valence-electron chi connectivity index (χ2n) is 11.0. The maximum Gasteiger partial charge on any atom is 0.264 e. The first-order chi connectivity index (χ1) is 21.6. The molecule has 4 rings (SSSR count). The predicted octanol–water partition coefficient (Wildman–Crippen LogP) is 5.67. The lowest BCUT2D eigenvalue weighted by molar-refractivity contribution is -0.140. The Kier molecular flexibility index (Phi) is 11.4. The number of anilines is 1. The molecule has 4 aromatic rings. The number of aryl methyl sites for hydroxylation is 2. The number of sulfonamides is 1. The van der Waals surface area contributed by atoms with Crippen LogP contribution in [0.1, 0.15) is 35.6 Å². The van der Waals surface area contributed by atoms with Gasteiger partial charge in [-0.15, -0.1) is 0 Å². The highest BCUT2D eigenvalue weighted by atomic mass is 32.2. The highest BCUT2D eigenvalue weighted by Gasteiger charge is 2.34. The number of ether oxygens (including phenoxy) is 1. The van der Waals surface area contributed by atoms with Crippen LogP contribution in [0.3, 0.4) is 0 Å². The van der Waals surface area contributed by atoms with Crippen LogP contribution in [0.4, 0.5) is 5.69 Å². The molecule has 0 radical (unpaired) electrons. The van der Waals surface area contributed by atoms with Crippen molar-refractivity contribution < 1.29 is 22.7 Å². The summed E-state index contributed by atoms with van der Waals surface area (Å²) in [5, 5.41) is 2.97. The number of nitrogens with zero attached hydrogens (tertiary/aromatic N) is 2. The summed E-state index contributed by atoms with van der Waals surface area (Å²) in [6.45, 7) is 5.86. The van der Waals surface area contributed by atoms with Crippen LogP contribution in [0.25, 0.3) is 0 Å². The fraction of sp³-hybridized carbons (Fsp3) is 0.278. The molecule has 45 heavy (non-hydrogen) atoms. The van der Waals surface area contributed by atoms with Crippen molar-refractivity contribution in [2.24, 2.45) is 0 Å². The van der Waals surface area contributed by atoms with Crippen LogP contribution in [0, 0.1) is 13.8 Å². The minimum atomic E-state index is -4.17. The molecule has 1 atom stereocenters. The van der Waals surface area contributed by atoms with E-state index < -0.39 is 28.5 Å². The Morgan fingerprint density at radius 2 is 1.49 bits per heavy atom. The lowest BCUT2D eigenvalue weighted by atomic mass is 10.0. The zero-order valence-electron chi connectivity index (χ0n) is 26.3. The van der Waals surface area contributed by atoms with Gasteiger partial charge in [0.2, 0.25) is 11.8 Å². The average molecular weight is 628 g/mol. The smallest absolute Gasteiger partial charge is 0.264 e. The minimum Gasteiger partial charge on any atom is -0.497 e. The summed E-state index contributed by atoms with van der Waals surface area (Å²) in [5.41, 5.74) is 3.92. The Labute approximate surface area is 266 Å². The molecule has 0 saturated carbocycles. The van der Waals surface area contributed by atoms with E-state index in [-0.39, 0.29) is 23.8 Å². The fourth-order valence-electron chi connectivity index (χ4n) is 5.01. The van der Waals surface area contributed by atoms with Crippen molar-refractivity contribution in [3.63, 3.8) is 0 Å². The molecule has 0 saturated heterocycles. The van der Waals surface area contributed by atoms with Gasteiger partial charge in [0, 0.05) is 19.5 Å². The average Bonchev–Trinajstić information content (AvgIpc) is 3.05. The van der Waals surface area contributed by atoms with Crippen molar-refractivity contribution in [1.82, 2.24) is 10.2 Å². The Morgan fingerprint density at radius 3 is 2.11 bits per heavy atom. The van der Waals surface area contributed by atoms with Gasteiger partial charge in [-0.05, 0) is 73.4 Å². The van der Waals surface area contributed by atoms with E-state index in [4.69, 9.17) is 4.74 Å². The molecule has 9 heteroatoms. The zero-order valence-corrected chi connectivity index (χ0v) is 27.1. The molecular weight excluding hydrogens is 586 g/mol. The molecule has 0 heterocycles. The van der Waals surface area contributed by atoms with Gasteiger partial charge in [-0.2, -0.15) is 0 Å². The van der Waals surface area contributed by atoms with Gasteiger partial charge in [0.15, 0.2) is 0 Å². The lowest BCUT2D eigenvalue weighted by Gasteiger charge is -2.34. The summed E-state index contributed by atoms with van der Waals surface area (Å²) in [6.07, 6.45) is 0.997. The highest BCUT2D eigenvalue weighted by Crippen LogP contribution is 2.27. The van der Waals surface area contributed by atoms with Crippen molar-refractivity contribution >= 4 is 27.5 Å². The summed E-state index contributed by atoms with van der Waals surface area (Å²) < 4.78 is 34.7. The van der Waals surface area contributed by atoms with Gasteiger partial charge in [-0.3, -0.25) is 13.9 Å². The summed E-state index contributed by atoms with van der Waals surface area (Å²) in [5.74, 6) is -0.244. The molecule has 2 amide bonds. The van der Waals surface area contributed by atoms with E-state index in [0.717, 1.165) is 33.0 Å². The Balaban J connectivity index is 1.80. The number of rotatable bonds is 14. The van der Waals surface area contributed by atoms with Gasteiger partial charge in [-0.1, -0.05) is 79.2 Å². The molecule has 0 aromatic heterocycles. The lowest BCUT2D eigenvalue weighted by Crippen LogP contribution is -2.53. The normalized spacial score (nSPS) is 11.8. The van der Waals surface area contributed by atoms with Gasteiger partial charge in [0.05, 0.1) is 17.7 Å². The van der Waals surface area contributed by atoms with Gasteiger partial charge >= 0.3 is 0 Å². The molecule has 0 bridgehead atoms. The number of carbonyl (C=O) groups is 2. The van der Waals surface area contributed by atoms with E-state index >= 15 is 0 Å². The first-order valence-electron chi connectivity index (χ1n) is 15.0. The van der Waals surface area contributed by atoms with E-state index in [0.29, 0.717) is 18.0 Å². The quantitative estimate of drug-likeness (QED) is 0.194. The van der Waals surface area contributed by atoms with Crippen LogP contribution in [0.2, 0.25) is 0 Å². The number of benzene rings is 4. The number of hydrogen-bond acceptors (Lipinski definition) is 5. The third-order valence-corrected chi connectivity index (χ3v) is 9.46. The van der Waals surface area contributed by atoms with Crippen LogP contribution in [-0.2, 0) is 32.6 Å². The molecule has 236 valence electrons. The Morgan fingerprint density at radius 1 is 0.844 bits per heavy atom. The summed E-state index contributed by atoms with van der Waals surface area (Å²) in [4.78, 5) is 29.9. The first kappa shape index (κ1) is 33.3. The highest BCUT2D eigenvalue weighted by molar-refractivity contribution is 7.92. The Bertz CT molecular complexity index is 1670. The summed E-state index contributed by atoms with van der Waals surface area (Å²) in [6, 6.07) is 29.3. The van der Waals surface area contributed by atoms with Gasteiger partial charge in [0.1, 0.15) is 18.3 Å². The fourth-order valence-corrected chi connectivity index (χ4v) is 6.42. The van der Waals surface area contributed by atoms with Crippen molar-refractivity contribution in [2.45, 2.75) is 51.1 Å². The van der Waals surface area contributed by atoms with E-state index in [1.807, 2.05) is 75.4 Å². The first-order valence-corrected chi connectivity index (χ1v) is 16.5. The Hall–Kier alpha value is -4.63. The number of methoxy groups -OCH3 is 1. The monoisotopic (exact) mass is 627 g/mol. The number of nitrogens with one attached hydrogen (secondary N) is 1. The van der Waals surface area contributed by atoms with Crippen LogP contribution in [-0.4, -0.2) is 51.4 Å². The maximum atomic E-state index is 14.5. The summed E-state index contributed by atoms with van der Waals surface area (Å²) in [7, 11) is -2.65. The molecule has 0 unspecified atom stereocenters. The summed E-state index contributed by atoms with van der Waals surface area (Å²) >= 11 is 0. The number of amides is 2. The molecule has 0 aliphatic heterocycles. The van der Waals surface area contributed by atoms with Gasteiger partial charge in [-0.25, -0.2) is 8.42 Å². The van der Waals surface area contributed by atoms with E-state index in [9.17, 15) is 18.0 Å². The maximum absolute atomic E-state index is 14.5. The van der Waals surface area contributed by atoms with Crippen molar-refractivity contribution in [1.29, 1.82) is 0 Å². The second-order valence-corrected chi connectivity index (χ2v) is 12.8. The molecule has 1 N–H and O–H groups in total.